The van der Waals surface area contributed by atoms with Crippen molar-refractivity contribution in [3.8, 4) is 11.1 Å². The van der Waals surface area contributed by atoms with Crippen molar-refractivity contribution in [3.05, 3.63) is 52.9 Å². The fraction of sp³-hybridized carbons (Fsp3) is 0.529. The minimum atomic E-state index is -0.692. The first-order valence-corrected chi connectivity index (χ1v) is 16.1. The summed E-state index contributed by atoms with van der Waals surface area (Å²) in [5.74, 6) is -0.0752. The van der Waals surface area contributed by atoms with E-state index in [2.05, 4.69) is 39.4 Å². The van der Waals surface area contributed by atoms with Gasteiger partial charge in [0.1, 0.15) is 11.6 Å². The maximum absolute atomic E-state index is 13.1. The van der Waals surface area contributed by atoms with E-state index in [1.54, 1.807) is 11.6 Å². The van der Waals surface area contributed by atoms with Crippen molar-refractivity contribution in [2.24, 2.45) is 13.0 Å². The van der Waals surface area contributed by atoms with Gasteiger partial charge >= 0.3 is 11.8 Å². The van der Waals surface area contributed by atoms with E-state index in [4.69, 9.17) is 4.74 Å². The van der Waals surface area contributed by atoms with E-state index in [1.807, 2.05) is 43.9 Å². The zero-order valence-corrected chi connectivity index (χ0v) is 26.8. The van der Waals surface area contributed by atoms with Gasteiger partial charge in [-0.2, -0.15) is 0 Å². The van der Waals surface area contributed by atoms with Crippen LogP contribution >= 0.6 is 0 Å². The predicted octanol–water partition coefficient (Wildman–Crippen LogP) is 3.75. The Bertz CT molecular complexity index is 1640. The van der Waals surface area contributed by atoms with Crippen molar-refractivity contribution < 1.29 is 19.1 Å². The van der Waals surface area contributed by atoms with Gasteiger partial charge in [0.05, 0.1) is 11.0 Å². The third-order valence-electron chi connectivity index (χ3n) is 9.33. The first kappa shape index (κ1) is 30.9. The fourth-order valence-electron chi connectivity index (χ4n) is 6.82. The largest absolute Gasteiger partial charge is 0.444 e. The summed E-state index contributed by atoms with van der Waals surface area (Å²) >= 11 is 0. The Kier molecular flexibility index (Phi) is 8.47. The summed E-state index contributed by atoms with van der Waals surface area (Å²) in [6.07, 6.45) is 2.61. The van der Waals surface area contributed by atoms with E-state index < -0.39 is 17.6 Å². The normalized spacial score (nSPS) is 20.5. The molecular formula is C34H44N6O5. The summed E-state index contributed by atoms with van der Waals surface area (Å²) in [5.41, 5.74) is 3.97. The number of imidazole rings is 1. The Morgan fingerprint density at radius 2 is 1.53 bits per heavy atom. The van der Waals surface area contributed by atoms with Gasteiger partial charge in [-0.15, -0.1) is 0 Å². The third kappa shape index (κ3) is 6.63. The molecule has 3 saturated heterocycles. The average Bonchev–Trinajstić information content (AvgIpc) is 3.26. The van der Waals surface area contributed by atoms with Crippen LogP contribution in [0.3, 0.4) is 0 Å². The maximum atomic E-state index is 13.1. The standard InChI is InChI=1S/C34H44N6O5/c1-34(2,3)45-33(44)39-19-17-37(18-20-39)22-23-13-15-38(16-14-23)26-8-5-24(6-9-26)25-7-10-27-29(21-25)36(4)32(43)40(27)28-11-12-30(41)35-31(28)42/h5-10,21,23,28H,11-20,22H2,1-4H3,(H,35,41,42). The predicted molar refractivity (Wildman–Crippen MR) is 173 cm³/mol. The van der Waals surface area contributed by atoms with E-state index in [1.165, 1.54) is 10.3 Å². The van der Waals surface area contributed by atoms with Gasteiger partial charge in [0.25, 0.3) is 0 Å². The van der Waals surface area contributed by atoms with Crippen LogP contribution < -0.4 is 15.9 Å². The molecular weight excluding hydrogens is 572 g/mol. The van der Waals surface area contributed by atoms with Crippen LogP contribution in [0.4, 0.5) is 10.5 Å². The molecule has 3 amide bonds. The number of carbonyl (C=O) groups is 3. The highest BCUT2D eigenvalue weighted by Gasteiger charge is 2.32. The van der Waals surface area contributed by atoms with E-state index in [9.17, 15) is 19.2 Å². The van der Waals surface area contributed by atoms with Gasteiger partial charge in [-0.25, -0.2) is 9.59 Å². The molecule has 3 aliphatic heterocycles. The van der Waals surface area contributed by atoms with Crippen LogP contribution in [0.15, 0.2) is 47.3 Å². The lowest BCUT2D eigenvalue weighted by molar-refractivity contribution is -0.135. The number of aromatic nitrogens is 2. The molecule has 1 atom stereocenters. The number of piperidine rings is 2. The zero-order chi connectivity index (χ0) is 31.9. The van der Waals surface area contributed by atoms with Crippen LogP contribution in [0.2, 0.25) is 0 Å². The molecule has 3 fully saturated rings. The molecule has 3 aromatic rings. The maximum Gasteiger partial charge on any atom is 0.410 e. The Balaban J connectivity index is 1.04. The van der Waals surface area contributed by atoms with Crippen LogP contribution in [0.25, 0.3) is 22.2 Å². The average molecular weight is 617 g/mol. The zero-order valence-electron chi connectivity index (χ0n) is 26.8. The summed E-state index contributed by atoms with van der Waals surface area (Å²) in [6, 6.07) is 13.8. The molecule has 0 saturated carbocycles. The summed E-state index contributed by atoms with van der Waals surface area (Å²) in [6.45, 7) is 12.0. The van der Waals surface area contributed by atoms with Crippen LogP contribution in [0, 0.1) is 5.92 Å². The number of nitrogens with one attached hydrogen (secondary N) is 1. The van der Waals surface area contributed by atoms with Gasteiger partial charge in [-0.3, -0.25) is 28.9 Å². The van der Waals surface area contributed by atoms with Crippen LogP contribution in [-0.4, -0.2) is 88.3 Å². The quantitative estimate of drug-likeness (QED) is 0.435. The van der Waals surface area contributed by atoms with Gasteiger partial charge in [0.15, 0.2) is 0 Å². The smallest absolute Gasteiger partial charge is 0.410 e. The number of anilines is 1. The van der Waals surface area contributed by atoms with E-state index >= 15 is 0 Å². The first-order chi connectivity index (χ1) is 21.5. The minimum absolute atomic E-state index is 0.212. The second-order valence-electron chi connectivity index (χ2n) is 13.6. The van der Waals surface area contributed by atoms with Crippen LogP contribution in [-0.2, 0) is 21.4 Å². The highest BCUT2D eigenvalue weighted by atomic mass is 16.6. The van der Waals surface area contributed by atoms with Crippen molar-refractivity contribution in [2.45, 2.75) is 58.1 Å². The van der Waals surface area contributed by atoms with E-state index in [0.717, 1.165) is 75.3 Å². The Morgan fingerprint density at radius 1 is 0.867 bits per heavy atom. The van der Waals surface area contributed by atoms with Crippen LogP contribution in [0.5, 0.6) is 0 Å². The number of imide groups is 1. The third-order valence-corrected chi connectivity index (χ3v) is 9.33. The number of amides is 3. The lowest BCUT2D eigenvalue weighted by Gasteiger charge is -2.39. The molecule has 0 radical (unpaired) electrons. The second-order valence-corrected chi connectivity index (χ2v) is 13.6. The van der Waals surface area contributed by atoms with Crippen molar-refractivity contribution in [3.63, 3.8) is 0 Å². The van der Waals surface area contributed by atoms with Crippen molar-refractivity contribution in [1.82, 2.24) is 24.3 Å². The van der Waals surface area contributed by atoms with Crippen molar-refractivity contribution in [2.75, 3.05) is 50.7 Å². The number of carbonyl (C=O) groups excluding carboxylic acids is 3. The Labute approximate surface area is 263 Å². The SMILES string of the molecule is Cn1c(=O)n(C2CCC(=O)NC2=O)c2ccc(-c3ccc(N4CCC(CN5CCN(C(=O)OC(C)(C)C)CC5)CC4)cc3)cc21. The van der Waals surface area contributed by atoms with Crippen LogP contribution in [0.1, 0.15) is 52.5 Å². The van der Waals surface area contributed by atoms with Gasteiger partial charge in [-0.1, -0.05) is 18.2 Å². The van der Waals surface area contributed by atoms with E-state index in [-0.39, 0.29) is 24.1 Å². The Morgan fingerprint density at radius 3 is 2.18 bits per heavy atom. The molecule has 240 valence electrons. The molecule has 1 unspecified atom stereocenters. The molecule has 6 rings (SSSR count). The number of rotatable bonds is 5. The fourth-order valence-corrected chi connectivity index (χ4v) is 6.82. The number of nitrogens with zero attached hydrogens (tertiary/aromatic N) is 5. The van der Waals surface area contributed by atoms with Gasteiger partial charge in [0, 0.05) is 65.0 Å². The molecule has 0 aliphatic carbocycles. The summed E-state index contributed by atoms with van der Waals surface area (Å²) in [7, 11) is 1.72. The molecule has 0 spiro atoms. The lowest BCUT2D eigenvalue weighted by atomic mass is 9.95. The van der Waals surface area contributed by atoms with E-state index in [0.29, 0.717) is 17.9 Å². The second kappa shape index (κ2) is 12.3. The molecule has 2 aromatic carbocycles. The van der Waals surface area contributed by atoms with Gasteiger partial charge in [-0.05, 0) is 81.3 Å². The number of piperazine rings is 1. The highest BCUT2D eigenvalue weighted by Crippen LogP contribution is 2.30. The monoisotopic (exact) mass is 616 g/mol. The molecule has 11 nitrogen and oxygen atoms in total. The number of ether oxygens (including phenoxy) is 1. The summed E-state index contributed by atoms with van der Waals surface area (Å²) in [4.78, 5) is 56.4. The molecule has 4 heterocycles. The molecule has 11 heteroatoms. The first-order valence-electron chi connectivity index (χ1n) is 16.1. The topological polar surface area (TPSA) is 109 Å². The molecule has 45 heavy (non-hydrogen) atoms. The lowest BCUT2D eigenvalue weighted by Crippen LogP contribution is -2.51. The van der Waals surface area contributed by atoms with Gasteiger partial charge in [0.2, 0.25) is 11.8 Å². The molecule has 0 bridgehead atoms. The van der Waals surface area contributed by atoms with Gasteiger partial charge < -0.3 is 14.5 Å². The molecule has 1 N–H and O–H groups in total. The molecule has 1 aromatic heterocycles. The number of aryl methyl sites for hydroxylation is 1. The minimum Gasteiger partial charge on any atom is -0.444 e. The number of hydrogen-bond acceptors (Lipinski definition) is 7. The highest BCUT2D eigenvalue weighted by molar-refractivity contribution is 6.00. The summed E-state index contributed by atoms with van der Waals surface area (Å²) < 4.78 is 8.61. The summed E-state index contributed by atoms with van der Waals surface area (Å²) in [5, 5.41) is 2.36. The number of fused-ring (bicyclic) bond motifs is 1. The number of benzene rings is 2. The molecule has 3 aliphatic rings. The van der Waals surface area contributed by atoms with Crippen molar-refractivity contribution >= 4 is 34.6 Å². The van der Waals surface area contributed by atoms with Crippen molar-refractivity contribution in [1.29, 1.82) is 0 Å². The number of hydrogen-bond donors (Lipinski definition) is 1. The Hall–Kier alpha value is -4.12.